The van der Waals surface area contributed by atoms with Gasteiger partial charge >= 0.3 is 85.5 Å². The molecule has 0 heterocycles. The zero-order valence-electron chi connectivity index (χ0n) is 7.79. The topological polar surface area (TPSA) is 0 Å². The number of hydrogen-bond donors (Lipinski definition) is 0. The Hall–Kier alpha value is 0.00961. The van der Waals surface area contributed by atoms with Crippen molar-refractivity contribution in [1.29, 1.82) is 0 Å². The molecule has 12 heavy (non-hydrogen) atoms. The van der Waals surface area contributed by atoms with Gasteiger partial charge in [0.05, 0.1) is 0 Å². The fraction of sp³-hybridized carbons (Fsp3) is 0.455. The molecule has 66 valence electrons. The molecule has 0 aliphatic carbocycles. The first kappa shape index (κ1) is 10.1. The third kappa shape index (κ3) is 3.17. The van der Waals surface area contributed by atoms with E-state index < -0.39 is 0 Å². The van der Waals surface area contributed by atoms with Gasteiger partial charge in [-0.25, -0.2) is 0 Å². The number of hydrogen-bond acceptors (Lipinski definition) is 0. The van der Waals surface area contributed by atoms with E-state index in [2.05, 4.69) is 44.2 Å². The van der Waals surface area contributed by atoms with Crippen molar-refractivity contribution >= 4 is 24.5 Å². The second kappa shape index (κ2) is 5.62. The van der Waals surface area contributed by atoms with E-state index in [-0.39, 0.29) is 20.9 Å². The molecule has 0 aromatic heterocycles. The maximum absolute atomic E-state index is 2.31. The van der Waals surface area contributed by atoms with E-state index in [1.54, 1.807) is 3.61 Å². The molecular weight excluding hydrogens is 260 g/mol. The van der Waals surface area contributed by atoms with E-state index in [1.807, 2.05) is 0 Å². The molecule has 0 N–H and O–H groups in total. The van der Waals surface area contributed by atoms with Gasteiger partial charge in [-0.3, -0.25) is 0 Å². The van der Waals surface area contributed by atoms with E-state index in [0.717, 1.165) is 3.97 Å². The predicted octanol–water partition coefficient (Wildman–Crippen LogP) is 2.62. The van der Waals surface area contributed by atoms with Crippen molar-refractivity contribution in [2.75, 3.05) is 0 Å². The summed E-state index contributed by atoms with van der Waals surface area (Å²) in [7, 11) is 0. The van der Waals surface area contributed by atoms with Gasteiger partial charge in [0.1, 0.15) is 0 Å². The van der Waals surface area contributed by atoms with Crippen molar-refractivity contribution in [1.82, 2.24) is 0 Å². The number of rotatable bonds is 4. The molecule has 0 atom stereocenters. The molecule has 0 spiro atoms. The van der Waals surface area contributed by atoms with Gasteiger partial charge in [0, 0.05) is 0 Å². The Labute approximate surface area is 85.5 Å². The van der Waals surface area contributed by atoms with Crippen LogP contribution in [0.25, 0.3) is 0 Å². The summed E-state index contributed by atoms with van der Waals surface area (Å²) in [5.74, 6) is 0. The summed E-state index contributed by atoms with van der Waals surface area (Å²) >= 11 is 0.0820. The fourth-order valence-electron chi connectivity index (χ4n) is 1.15. The predicted molar refractivity (Wildman–Crippen MR) is 56.2 cm³/mol. The summed E-state index contributed by atoms with van der Waals surface area (Å²) in [6, 6.07) is 11.0. The molecule has 1 heteroatoms. The van der Waals surface area contributed by atoms with Gasteiger partial charge in [-0.2, -0.15) is 0 Å². The van der Waals surface area contributed by atoms with Gasteiger partial charge in [-0.15, -0.1) is 0 Å². The van der Waals surface area contributed by atoms with Crippen molar-refractivity contribution in [2.45, 2.75) is 30.7 Å². The first-order valence-electron chi connectivity index (χ1n) is 4.58. The van der Waals surface area contributed by atoms with Gasteiger partial charge in [0.15, 0.2) is 0 Å². The molecular formula is C11H16Te. The third-order valence-electron chi connectivity index (χ3n) is 1.96. The molecule has 1 aromatic rings. The van der Waals surface area contributed by atoms with Crippen LogP contribution in [0.4, 0.5) is 0 Å². The van der Waals surface area contributed by atoms with Crippen LogP contribution in [0.1, 0.15) is 26.7 Å². The standard InChI is InChI=1S/C11H16Te/c1-3-10(4-2)12-11-8-6-5-7-9-11/h5-10H,3-4H2,1-2H3. The molecule has 0 amide bonds. The molecule has 0 aliphatic heterocycles. The van der Waals surface area contributed by atoms with E-state index in [1.165, 1.54) is 12.8 Å². The molecule has 0 aliphatic rings. The van der Waals surface area contributed by atoms with Gasteiger partial charge in [-0.05, 0) is 0 Å². The summed E-state index contributed by atoms with van der Waals surface area (Å²) in [6.07, 6.45) is 2.71. The Morgan fingerprint density at radius 3 is 2.17 bits per heavy atom. The zero-order valence-corrected chi connectivity index (χ0v) is 10.1. The SMILES string of the molecule is CCC(CC)[Te]c1ccccc1. The van der Waals surface area contributed by atoms with E-state index in [9.17, 15) is 0 Å². The van der Waals surface area contributed by atoms with E-state index in [4.69, 9.17) is 0 Å². The van der Waals surface area contributed by atoms with Crippen molar-refractivity contribution in [3.05, 3.63) is 30.3 Å². The van der Waals surface area contributed by atoms with Crippen molar-refractivity contribution in [3.63, 3.8) is 0 Å². The Bertz CT molecular complexity index is 202. The molecule has 1 aromatic carbocycles. The first-order chi connectivity index (χ1) is 5.86. The van der Waals surface area contributed by atoms with Crippen molar-refractivity contribution < 1.29 is 0 Å². The van der Waals surface area contributed by atoms with Gasteiger partial charge in [-0.1, -0.05) is 0 Å². The third-order valence-corrected chi connectivity index (χ3v) is 6.36. The van der Waals surface area contributed by atoms with Crippen LogP contribution in [-0.4, -0.2) is 20.9 Å². The van der Waals surface area contributed by atoms with Crippen molar-refractivity contribution in [2.24, 2.45) is 0 Å². The van der Waals surface area contributed by atoms with Crippen LogP contribution in [0.3, 0.4) is 0 Å². The molecule has 0 bridgehead atoms. The molecule has 1 rings (SSSR count). The molecule has 0 radical (unpaired) electrons. The summed E-state index contributed by atoms with van der Waals surface area (Å²) in [6.45, 7) is 4.61. The Balaban J connectivity index is 2.51. The van der Waals surface area contributed by atoms with Crippen LogP contribution >= 0.6 is 0 Å². The first-order valence-corrected chi connectivity index (χ1v) is 7.09. The van der Waals surface area contributed by atoms with Gasteiger partial charge < -0.3 is 0 Å². The molecule has 0 unspecified atom stereocenters. The molecule has 0 saturated heterocycles. The second-order valence-corrected chi connectivity index (χ2v) is 6.79. The monoisotopic (exact) mass is 278 g/mol. The normalized spacial score (nSPS) is 10.6. The minimum atomic E-state index is 0.0820. The number of benzene rings is 1. The van der Waals surface area contributed by atoms with E-state index >= 15 is 0 Å². The van der Waals surface area contributed by atoms with Gasteiger partial charge in [0.2, 0.25) is 0 Å². The Morgan fingerprint density at radius 1 is 1.08 bits per heavy atom. The van der Waals surface area contributed by atoms with Crippen LogP contribution in [-0.2, 0) is 0 Å². The van der Waals surface area contributed by atoms with Crippen LogP contribution in [0.2, 0.25) is 3.97 Å². The average molecular weight is 276 g/mol. The van der Waals surface area contributed by atoms with Crippen LogP contribution in [0.15, 0.2) is 30.3 Å². The Kier molecular flexibility index (Phi) is 4.73. The van der Waals surface area contributed by atoms with Gasteiger partial charge in [0.25, 0.3) is 0 Å². The van der Waals surface area contributed by atoms with Crippen LogP contribution < -0.4 is 3.61 Å². The fourth-order valence-corrected chi connectivity index (χ4v) is 4.09. The summed E-state index contributed by atoms with van der Waals surface area (Å²) in [4.78, 5) is 0. The second-order valence-electron chi connectivity index (χ2n) is 2.87. The quantitative estimate of drug-likeness (QED) is 0.741. The van der Waals surface area contributed by atoms with Crippen LogP contribution in [0.5, 0.6) is 0 Å². The maximum atomic E-state index is 2.31. The van der Waals surface area contributed by atoms with Crippen LogP contribution in [0, 0.1) is 0 Å². The summed E-state index contributed by atoms with van der Waals surface area (Å²) in [5, 5.41) is 0. The summed E-state index contributed by atoms with van der Waals surface area (Å²) in [5.41, 5.74) is 0. The zero-order chi connectivity index (χ0) is 8.81. The molecule has 0 nitrogen and oxygen atoms in total. The van der Waals surface area contributed by atoms with E-state index in [0.29, 0.717) is 0 Å². The Morgan fingerprint density at radius 2 is 1.67 bits per heavy atom. The molecule has 0 fully saturated rings. The molecule has 0 saturated carbocycles. The average Bonchev–Trinajstić information content (AvgIpc) is 2.16. The minimum absolute atomic E-state index is 0.0820. The van der Waals surface area contributed by atoms with Crippen molar-refractivity contribution in [3.8, 4) is 0 Å². The summed E-state index contributed by atoms with van der Waals surface area (Å²) < 4.78 is 2.61.